The van der Waals surface area contributed by atoms with Crippen molar-refractivity contribution in [1.82, 2.24) is 0 Å². The third kappa shape index (κ3) is 9.38. The molecule has 1 saturated carbocycles. The second-order valence-electron chi connectivity index (χ2n) is 9.02. The molecule has 0 N–H and O–H groups in total. The van der Waals surface area contributed by atoms with E-state index in [1.165, 1.54) is 0 Å². The molecule has 1 aliphatic rings. The fourth-order valence-electron chi connectivity index (χ4n) is 1.64. The lowest BCUT2D eigenvalue weighted by atomic mass is 9.95. The molecule has 0 unspecified atom stereocenters. The Morgan fingerprint density at radius 1 is 0.583 bits per heavy atom. The van der Waals surface area contributed by atoms with E-state index in [0.717, 1.165) is 30.0 Å². The number of nitrogens with zero attached hydrogens (tertiary/aromatic N) is 3. The lowest BCUT2D eigenvalue weighted by Gasteiger charge is -2.22. The Kier molecular flexibility index (Phi) is 7.00. The molecule has 0 heterocycles. The van der Waals surface area contributed by atoms with Crippen LogP contribution >= 0.6 is 0 Å². The largest absolute Gasteiger partial charge is 0.456 e. The van der Waals surface area contributed by atoms with Crippen LogP contribution < -0.4 is 0 Å². The van der Waals surface area contributed by atoms with E-state index in [-0.39, 0.29) is 0 Å². The SMILES string of the molecule is C[Si](C)(C)ON=C1CCC(=NO[Si](C)(C)C)C(=NO[Si](C)(C)C)C1. The predicted molar refractivity (Wildman–Crippen MR) is 109 cm³/mol. The van der Waals surface area contributed by atoms with Crippen LogP contribution in [0.3, 0.4) is 0 Å². The summed E-state index contributed by atoms with van der Waals surface area (Å²) in [6, 6.07) is 0. The average Bonchev–Trinajstić information content (AvgIpc) is 2.39. The van der Waals surface area contributed by atoms with Crippen LogP contribution in [0.15, 0.2) is 15.5 Å². The molecular weight excluding hydrogens is 354 g/mol. The molecule has 0 aromatic heterocycles. The zero-order valence-electron chi connectivity index (χ0n) is 16.7. The second-order valence-corrected chi connectivity index (χ2v) is 22.2. The molecule has 1 fully saturated rings. The highest BCUT2D eigenvalue weighted by atomic mass is 28.4. The van der Waals surface area contributed by atoms with Crippen LogP contribution in [0.2, 0.25) is 58.9 Å². The first-order valence-corrected chi connectivity index (χ1v) is 18.7. The monoisotopic (exact) mass is 387 g/mol. The molecule has 6 nitrogen and oxygen atoms in total. The van der Waals surface area contributed by atoms with Crippen LogP contribution in [-0.4, -0.2) is 42.1 Å². The summed E-state index contributed by atoms with van der Waals surface area (Å²) in [5.74, 6) is 0. The molecule has 0 amide bonds. The van der Waals surface area contributed by atoms with Gasteiger partial charge in [0.05, 0.1) is 5.71 Å². The summed E-state index contributed by atoms with van der Waals surface area (Å²) in [5.41, 5.74) is 2.70. The van der Waals surface area contributed by atoms with Crippen molar-refractivity contribution in [2.24, 2.45) is 15.5 Å². The van der Waals surface area contributed by atoms with Gasteiger partial charge in [-0.2, -0.15) is 0 Å². The highest BCUT2D eigenvalue weighted by Gasteiger charge is 2.26. The zero-order chi connectivity index (χ0) is 18.6. The van der Waals surface area contributed by atoms with Gasteiger partial charge in [0.1, 0.15) is 11.4 Å². The van der Waals surface area contributed by atoms with E-state index >= 15 is 0 Å². The van der Waals surface area contributed by atoms with E-state index in [9.17, 15) is 0 Å². The Hall–Kier alpha value is -0.939. The zero-order valence-corrected chi connectivity index (χ0v) is 19.7. The number of oxime groups is 3. The van der Waals surface area contributed by atoms with E-state index in [1.54, 1.807) is 0 Å². The van der Waals surface area contributed by atoms with Crippen molar-refractivity contribution < 1.29 is 13.6 Å². The van der Waals surface area contributed by atoms with E-state index in [2.05, 4.69) is 74.4 Å². The Balaban J connectivity index is 2.95. The van der Waals surface area contributed by atoms with Gasteiger partial charge in [-0.25, -0.2) is 0 Å². The fraction of sp³-hybridized carbons (Fsp3) is 0.800. The molecule has 0 atom stereocenters. The van der Waals surface area contributed by atoms with E-state index in [4.69, 9.17) is 13.6 Å². The highest BCUT2D eigenvalue weighted by molar-refractivity contribution is 6.70. The van der Waals surface area contributed by atoms with Crippen molar-refractivity contribution >= 4 is 42.1 Å². The second kappa shape index (κ2) is 7.96. The van der Waals surface area contributed by atoms with Crippen LogP contribution in [0.4, 0.5) is 0 Å². The van der Waals surface area contributed by atoms with Crippen molar-refractivity contribution in [3.8, 4) is 0 Å². The summed E-state index contributed by atoms with van der Waals surface area (Å²) in [6.07, 6.45) is 2.19. The normalized spacial score (nSPS) is 22.1. The lowest BCUT2D eigenvalue weighted by Crippen LogP contribution is -2.31. The van der Waals surface area contributed by atoms with Crippen LogP contribution in [0.25, 0.3) is 0 Å². The smallest absolute Gasteiger partial charge is 0.278 e. The summed E-state index contributed by atoms with van der Waals surface area (Å²) in [5, 5.41) is 13.1. The molecule has 24 heavy (non-hydrogen) atoms. The predicted octanol–water partition coefficient (Wildman–Crippen LogP) is 4.79. The fourth-order valence-corrected chi connectivity index (χ4v) is 2.81. The first-order valence-electron chi connectivity index (χ1n) is 8.50. The Bertz CT molecular complexity index is 527. The van der Waals surface area contributed by atoms with Gasteiger partial charge in [0, 0.05) is 12.8 Å². The minimum absolute atomic E-state index is 0.614. The highest BCUT2D eigenvalue weighted by Crippen LogP contribution is 2.17. The number of rotatable bonds is 6. The van der Waals surface area contributed by atoms with Crippen molar-refractivity contribution in [2.75, 3.05) is 0 Å². The van der Waals surface area contributed by atoms with Crippen LogP contribution in [0, 0.1) is 0 Å². The van der Waals surface area contributed by atoms with Gasteiger partial charge in [-0.1, -0.05) is 0 Å². The van der Waals surface area contributed by atoms with Crippen molar-refractivity contribution in [1.29, 1.82) is 0 Å². The lowest BCUT2D eigenvalue weighted by molar-refractivity contribution is 0.326. The van der Waals surface area contributed by atoms with Gasteiger partial charge in [0.2, 0.25) is 0 Å². The van der Waals surface area contributed by atoms with E-state index < -0.39 is 25.0 Å². The molecule has 0 aromatic rings. The van der Waals surface area contributed by atoms with Gasteiger partial charge in [-0.05, 0) is 65.3 Å². The summed E-state index contributed by atoms with van der Waals surface area (Å²) in [6.45, 7) is 19.0. The van der Waals surface area contributed by atoms with Gasteiger partial charge >= 0.3 is 0 Å². The molecule has 0 saturated heterocycles. The minimum atomic E-state index is -1.74. The molecular formula is C15H33N3O3Si3. The Morgan fingerprint density at radius 2 is 1.00 bits per heavy atom. The maximum Gasteiger partial charge on any atom is 0.278 e. The average molecular weight is 388 g/mol. The maximum atomic E-state index is 5.74. The first kappa shape index (κ1) is 21.1. The number of hydrogen-bond donors (Lipinski definition) is 0. The summed E-state index contributed by atoms with van der Waals surface area (Å²) < 4.78 is 17.1. The molecule has 1 aliphatic carbocycles. The summed E-state index contributed by atoms with van der Waals surface area (Å²) >= 11 is 0. The van der Waals surface area contributed by atoms with Crippen LogP contribution in [0.1, 0.15) is 19.3 Å². The molecule has 138 valence electrons. The topological polar surface area (TPSA) is 64.8 Å². The maximum absolute atomic E-state index is 5.74. The molecule has 0 spiro atoms. The van der Waals surface area contributed by atoms with Crippen molar-refractivity contribution in [2.45, 2.75) is 78.2 Å². The van der Waals surface area contributed by atoms with Gasteiger partial charge in [0.15, 0.2) is 0 Å². The number of hydrogen-bond acceptors (Lipinski definition) is 6. The van der Waals surface area contributed by atoms with Crippen LogP contribution in [0.5, 0.6) is 0 Å². The molecule has 1 rings (SSSR count). The van der Waals surface area contributed by atoms with Crippen molar-refractivity contribution in [3.63, 3.8) is 0 Å². The first-order chi connectivity index (χ1) is 10.8. The molecule has 0 bridgehead atoms. The summed E-state index contributed by atoms with van der Waals surface area (Å²) in [7, 11) is -5.12. The van der Waals surface area contributed by atoms with Gasteiger partial charge in [0.25, 0.3) is 25.0 Å². The standard InChI is InChI=1S/C15H33N3O3Si3/c1-22(2,3)19-16-13-10-11-14(17-20-23(4,5)6)15(12-13)18-21-24(7,8)9/h10-12H2,1-9H3. The quantitative estimate of drug-likeness (QED) is 0.486. The van der Waals surface area contributed by atoms with Crippen LogP contribution in [-0.2, 0) is 13.6 Å². The molecule has 0 radical (unpaired) electrons. The van der Waals surface area contributed by atoms with Gasteiger partial charge in [-0.15, -0.1) is 15.5 Å². The van der Waals surface area contributed by atoms with Gasteiger partial charge in [-0.3, -0.25) is 0 Å². The Morgan fingerprint density at radius 3 is 1.46 bits per heavy atom. The van der Waals surface area contributed by atoms with Crippen molar-refractivity contribution in [3.05, 3.63) is 0 Å². The van der Waals surface area contributed by atoms with E-state index in [0.29, 0.717) is 6.42 Å². The summed E-state index contributed by atoms with van der Waals surface area (Å²) in [4.78, 5) is 0. The molecule has 0 aromatic carbocycles. The van der Waals surface area contributed by atoms with Gasteiger partial charge < -0.3 is 13.6 Å². The third-order valence-corrected chi connectivity index (χ3v) is 4.58. The molecule has 0 aliphatic heterocycles. The van der Waals surface area contributed by atoms with E-state index in [1.807, 2.05) is 0 Å². The molecule has 9 heteroatoms. The minimum Gasteiger partial charge on any atom is -0.456 e. The third-order valence-electron chi connectivity index (χ3n) is 2.66. The Labute approximate surface area is 149 Å².